The number of nitrogens with zero attached hydrogens (tertiary/aromatic N) is 1. The predicted octanol–water partition coefficient (Wildman–Crippen LogP) is 2.60. The summed E-state index contributed by atoms with van der Waals surface area (Å²) >= 11 is 11.7. The highest BCUT2D eigenvalue weighted by Crippen LogP contribution is 2.29. The number of benzene rings is 1. The largest absolute Gasteiger partial charge is 0.452 e. The van der Waals surface area contributed by atoms with Gasteiger partial charge in [0.25, 0.3) is 5.91 Å². The van der Waals surface area contributed by atoms with E-state index in [-0.39, 0.29) is 39.9 Å². The fourth-order valence-corrected chi connectivity index (χ4v) is 1.77. The van der Waals surface area contributed by atoms with Crippen LogP contribution in [-0.2, 0) is 9.53 Å². The number of rotatable bonds is 4. The van der Waals surface area contributed by atoms with Crippen LogP contribution in [0.15, 0.2) is 12.1 Å². The molecule has 2 N–H and O–H groups in total. The third-order valence-corrected chi connectivity index (χ3v) is 3.57. The molecule has 7 heteroatoms. The minimum Gasteiger partial charge on any atom is -0.452 e. The average molecular weight is 319 g/mol. The zero-order valence-corrected chi connectivity index (χ0v) is 13.0. The lowest BCUT2D eigenvalue weighted by Crippen LogP contribution is -2.36. The highest BCUT2D eigenvalue weighted by molar-refractivity contribution is 6.44. The van der Waals surface area contributed by atoms with E-state index in [0.29, 0.717) is 0 Å². The number of anilines is 1. The number of ether oxygens (including phenoxy) is 1. The maximum absolute atomic E-state index is 11.9. The van der Waals surface area contributed by atoms with Gasteiger partial charge in [-0.25, -0.2) is 4.79 Å². The van der Waals surface area contributed by atoms with Crippen LogP contribution in [0.25, 0.3) is 0 Å². The Balaban J connectivity index is 2.76. The van der Waals surface area contributed by atoms with Crippen LogP contribution in [0.4, 0.5) is 5.69 Å². The molecule has 1 aromatic rings. The van der Waals surface area contributed by atoms with Gasteiger partial charge < -0.3 is 15.4 Å². The third-order valence-electron chi connectivity index (χ3n) is 2.77. The van der Waals surface area contributed by atoms with E-state index in [1.807, 2.05) is 13.8 Å². The Hall–Kier alpha value is -1.46. The van der Waals surface area contributed by atoms with Crippen molar-refractivity contribution in [3.63, 3.8) is 0 Å². The summed E-state index contributed by atoms with van der Waals surface area (Å²) in [5.41, 5.74) is 5.91. The SMILES string of the molecule is CC(C)N(C)C(=O)COC(=O)c1cc(N)cc(Cl)c1Cl. The lowest BCUT2D eigenvalue weighted by Gasteiger charge is -2.21. The van der Waals surface area contributed by atoms with Gasteiger partial charge in [0.15, 0.2) is 6.61 Å². The number of halogens is 2. The van der Waals surface area contributed by atoms with E-state index in [9.17, 15) is 9.59 Å². The molecule has 110 valence electrons. The summed E-state index contributed by atoms with van der Waals surface area (Å²) in [7, 11) is 1.63. The summed E-state index contributed by atoms with van der Waals surface area (Å²) in [6, 6.07) is 2.80. The van der Waals surface area contributed by atoms with Gasteiger partial charge in [-0.15, -0.1) is 0 Å². The Kier molecular flexibility index (Phi) is 5.65. The van der Waals surface area contributed by atoms with E-state index in [1.165, 1.54) is 17.0 Å². The standard InChI is InChI=1S/C13H16Cl2N2O3/c1-7(2)17(3)11(18)6-20-13(19)9-4-8(16)5-10(14)12(9)15/h4-5,7H,6,16H2,1-3H3. The summed E-state index contributed by atoms with van der Waals surface area (Å²) in [5.74, 6) is -1.05. The average Bonchev–Trinajstić information content (AvgIpc) is 2.38. The molecular formula is C13H16Cl2N2O3. The van der Waals surface area contributed by atoms with Gasteiger partial charge in [-0.05, 0) is 26.0 Å². The highest BCUT2D eigenvalue weighted by Gasteiger charge is 2.19. The van der Waals surface area contributed by atoms with Crippen LogP contribution in [-0.4, -0.2) is 36.5 Å². The fraction of sp³-hybridized carbons (Fsp3) is 0.385. The molecule has 0 saturated carbocycles. The molecule has 0 unspecified atom stereocenters. The molecule has 0 radical (unpaired) electrons. The molecule has 0 saturated heterocycles. The molecule has 0 atom stereocenters. The van der Waals surface area contributed by atoms with Crippen molar-refractivity contribution in [2.45, 2.75) is 19.9 Å². The summed E-state index contributed by atoms with van der Waals surface area (Å²) < 4.78 is 4.92. The molecule has 1 rings (SSSR count). The van der Waals surface area contributed by atoms with Crippen LogP contribution in [0, 0.1) is 0 Å². The Morgan fingerprint density at radius 2 is 1.95 bits per heavy atom. The normalized spacial score (nSPS) is 10.5. The number of hydrogen-bond donors (Lipinski definition) is 1. The van der Waals surface area contributed by atoms with Crippen LogP contribution in [0.2, 0.25) is 10.0 Å². The van der Waals surface area contributed by atoms with Gasteiger partial charge in [0.05, 0.1) is 15.6 Å². The summed E-state index contributed by atoms with van der Waals surface area (Å²) in [6.45, 7) is 3.35. The second-order valence-electron chi connectivity index (χ2n) is 4.54. The quantitative estimate of drug-likeness (QED) is 0.684. The van der Waals surface area contributed by atoms with Crippen molar-refractivity contribution in [1.82, 2.24) is 4.90 Å². The Morgan fingerprint density at radius 3 is 2.50 bits per heavy atom. The van der Waals surface area contributed by atoms with Crippen molar-refractivity contribution in [3.05, 3.63) is 27.7 Å². The van der Waals surface area contributed by atoms with Crippen LogP contribution >= 0.6 is 23.2 Å². The minimum absolute atomic E-state index is 0.0200. The molecule has 0 aliphatic rings. The Labute approximate surface area is 127 Å². The maximum atomic E-state index is 11.9. The third kappa shape index (κ3) is 4.02. The topological polar surface area (TPSA) is 72.6 Å². The van der Waals surface area contributed by atoms with Gasteiger partial charge in [0.1, 0.15) is 0 Å². The van der Waals surface area contributed by atoms with Gasteiger partial charge in [-0.2, -0.15) is 0 Å². The Bertz CT molecular complexity index is 533. The number of esters is 1. The second kappa shape index (κ2) is 6.81. The minimum atomic E-state index is -0.741. The molecule has 1 amide bonds. The molecule has 0 aliphatic heterocycles. The number of carbonyl (C=O) groups excluding carboxylic acids is 2. The van der Waals surface area contributed by atoms with E-state index in [1.54, 1.807) is 7.05 Å². The van der Waals surface area contributed by atoms with Crippen molar-refractivity contribution in [2.24, 2.45) is 0 Å². The summed E-state index contributed by atoms with van der Waals surface area (Å²) in [4.78, 5) is 25.1. The van der Waals surface area contributed by atoms with Gasteiger partial charge >= 0.3 is 5.97 Å². The zero-order chi connectivity index (χ0) is 15.4. The van der Waals surface area contributed by atoms with Gasteiger partial charge in [0.2, 0.25) is 0 Å². The number of amides is 1. The first kappa shape index (κ1) is 16.6. The predicted molar refractivity (Wildman–Crippen MR) is 79.1 cm³/mol. The molecule has 20 heavy (non-hydrogen) atoms. The second-order valence-corrected chi connectivity index (χ2v) is 5.32. The number of carbonyl (C=O) groups is 2. The van der Waals surface area contributed by atoms with E-state index in [2.05, 4.69) is 0 Å². The smallest absolute Gasteiger partial charge is 0.340 e. The van der Waals surface area contributed by atoms with Crippen molar-refractivity contribution < 1.29 is 14.3 Å². The number of likely N-dealkylation sites (N-methyl/N-ethyl adjacent to an activating group) is 1. The molecule has 0 fully saturated rings. The maximum Gasteiger partial charge on any atom is 0.340 e. The fourth-order valence-electron chi connectivity index (χ4n) is 1.35. The van der Waals surface area contributed by atoms with Crippen LogP contribution in [0.5, 0.6) is 0 Å². The van der Waals surface area contributed by atoms with E-state index >= 15 is 0 Å². The molecule has 0 bridgehead atoms. The van der Waals surface area contributed by atoms with Crippen molar-refractivity contribution in [1.29, 1.82) is 0 Å². The number of nitrogen functional groups attached to an aromatic ring is 1. The first-order chi connectivity index (χ1) is 9.23. The number of nitrogens with two attached hydrogens (primary N) is 1. The Morgan fingerprint density at radius 1 is 1.35 bits per heavy atom. The molecule has 5 nitrogen and oxygen atoms in total. The van der Waals surface area contributed by atoms with E-state index in [4.69, 9.17) is 33.7 Å². The molecule has 0 heterocycles. The molecule has 0 spiro atoms. The zero-order valence-electron chi connectivity index (χ0n) is 11.4. The van der Waals surface area contributed by atoms with Gasteiger partial charge in [0, 0.05) is 18.8 Å². The van der Waals surface area contributed by atoms with Crippen molar-refractivity contribution in [2.75, 3.05) is 19.4 Å². The highest BCUT2D eigenvalue weighted by atomic mass is 35.5. The van der Waals surface area contributed by atoms with Gasteiger partial charge in [-0.1, -0.05) is 23.2 Å². The summed E-state index contributed by atoms with van der Waals surface area (Å²) in [6.07, 6.45) is 0. The van der Waals surface area contributed by atoms with Crippen molar-refractivity contribution >= 4 is 40.8 Å². The van der Waals surface area contributed by atoms with Crippen LogP contribution < -0.4 is 5.73 Å². The molecular weight excluding hydrogens is 303 g/mol. The molecule has 0 aromatic heterocycles. The van der Waals surface area contributed by atoms with Crippen molar-refractivity contribution in [3.8, 4) is 0 Å². The monoisotopic (exact) mass is 318 g/mol. The lowest BCUT2D eigenvalue weighted by atomic mass is 10.2. The van der Waals surface area contributed by atoms with E-state index < -0.39 is 5.97 Å². The van der Waals surface area contributed by atoms with Gasteiger partial charge in [-0.3, -0.25) is 4.79 Å². The van der Waals surface area contributed by atoms with Crippen LogP contribution in [0.3, 0.4) is 0 Å². The number of hydrogen-bond acceptors (Lipinski definition) is 4. The van der Waals surface area contributed by atoms with E-state index in [0.717, 1.165) is 0 Å². The lowest BCUT2D eigenvalue weighted by molar-refractivity contribution is -0.134. The first-order valence-electron chi connectivity index (χ1n) is 5.91. The van der Waals surface area contributed by atoms with Crippen LogP contribution in [0.1, 0.15) is 24.2 Å². The first-order valence-corrected chi connectivity index (χ1v) is 6.67. The summed E-state index contributed by atoms with van der Waals surface area (Å²) in [5, 5.41) is 0.208. The molecule has 0 aliphatic carbocycles. The molecule has 1 aromatic carbocycles.